The molecule has 0 bridgehead atoms. The Balaban J connectivity index is 1.35. The SMILES string of the molecule is CC(=O)N(CCc1noc(C2CC2)n1)C1CCN(C(=O)c2ccc(C)s2)C1. The Labute approximate surface area is 162 Å². The second kappa shape index (κ2) is 7.42. The lowest BCUT2D eigenvalue weighted by Crippen LogP contribution is -2.42. The van der Waals surface area contributed by atoms with Crippen LogP contribution in [0.2, 0.25) is 0 Å². The van der Waals surface area contributed by atoms with E-state index in [1.165, 1.54) is 11.3 Å². The average Bonchev–Trinajstić information content (AvgIpc) is 3.03. The van der Waals surface area contributed by atoms with Crippen LogP contribution in [0.3, 0.4) is 0 Å². The van der Waals surface area contributed by atoms with E-state index in [1.54, 1.807) is 6.92 Å². The molecule has 2 fully saturated rings. The molecule has 2 amide bonds. The van der Waals surface area contributed by atoms with Gasteiger partial charge in [0.05, 0.1) is 10.9 Å². The lowest BCUT2D eigenvalue weighted by molar-refractivity contribution is -0.130. The van der Waals surface area contributed by atoms with Gasteiger partial charge in [-0.2, -0.15) is 4.98 Å². The Morgan fingerprint density at radius 1 is 1.33 bits per heavy atom. The van der Waals surface area contributed by atoms with Gasteiger partial charge in [-0.3, -0.25) is 9.59 Å². The molecule has 3 heterocycles. The molecule has 1 saturated carbocycles. The first-order chi connectivity index (χ1) is 13.0. The minimum absolute atomic E-state index is 0.0205. The minimum Gasteiger partial charge on any atom is -0.339 e. The number of aryl methyl sites for hydroxylation is 1. The normalized spacial score (nSPS) is 19.5. The van der Waals surface area contributed by atoms with Crippen molar-refractivity contribution in [1.82, 2.24) is 19.9 Å². The molecular formula is C19H24N4O3S. The lowest BCUT2D eigenvalue weighted by Gasteiger charge is -2.27. The number of hydrogen-bond donors (Lipinski definition) is 0. The summed E-state index contributed by atoms with van der Waals surface area (Å²) >= 11 is 1.52. The van der Waals surface area contributed by atoms with Gasteiger partial charge in [0.15, 0.2) is 5.82 Å². The standard InChI is InChI=1S/C19H24N4O3S/c1-12-3-6-16(27-12)19(25)22-9-7-15(11-22)23(13(2)24)10-8-17-20-18(26-21-17)14-4-5-14/h3,6,14-15H,4-5,7-11H2,1-2H3. The number of aromatic nitrogens is 2. The Hall–Kier alpha value is -2.22. The summed E-state index contributed by atoms with van der Waals surface area (Å²) in [6.45, 7) is 5.38. The number of amides is 2. The highest BCUT2D eigenvalue weighted by Crippen LogP contribution is 2.38. The number of carbonyl (C=O) groups is 2. The zero-order chi connectivity index (χ0) is 19.0. The van der Waals surface area contributed by atoms with Gasteiger partial charge in [-0.1, -0.05) is 5.16 Å². The van der Waals surface area contributed by atoms with Gasteiger partial charge in [0.25, 0.3) is 5.91 Å². The Bertz CT molecular complexity index is 842. The van der Waals surface area contributed by atoms with Crippen molar-refractivity contribution in [3.63, 3.8) is 0 Å². The Morgan fingerprint density at radius 3 is 2.81 bits per heavy atom. The zero-order valence-electron chi connectivity index (χ0n) is 15.7. The summed E-state index contributed by atoms with van der Waals surface area (Å²) in [5.74, 6) is 1.90. The van der Waals surface area contributed by atoms with E-state index in [1.807, 2.05) is 28.9 Å². The Kier molecular flexibility index (Phi) is 4.99. The molecule has 1 unspecified atom stereocenters. The van der Waals surface area contributed by atoms with E-state index < -0.39 is 0 Å². The number of thiophene rings is 1. The molecule has 0 spiro atoms. The van der Waals surface area contributed by atoms with Crippen molar-refractivity contribution in [1.29, 1.82) is 0 Å². The minimum atomic E-state index is 0.0205. The van der Waals surface area contributed by atoms with Crippen LogP contribution in [0.4, 0.5) is 0 Å². The highest BCUT2D eigenvalue weighted by atomic mass is 32.1. The summed E-state index contributed by atoms with van der Waals surface area (Å²) in [5, 5.41) is 4.03. The molecule has 7 nitrogen and oxygen atoms in total. The molecule has 1 saturated heterocycles. The first-order valence-corrected chi connectivity index (χ1v) is 10.3. The monoisotopic (exact) mass is 388 g/mol. The van der Waals surface area contributed by atoms with Crippen LogP contribution in [-0.4, -0.2) is 57.4 Å². The summed E-state index contributed by atoms with van der Waals surface area (Å²) in [6.07, 6.45) is 3.62. The molecule has 0 N–H and O–H groups in total. The van der Waals surface area contributed by atoms with Crippen LogP contribution in [0, 0.1) is 6.92 Å². The maximum Gasteiger partial charge on any atom is 0.263 e. The van der Waals surface area contributed by atoms with Gasteiger partial charge in [-0.25, -0.2) is 0 Å². The van der Waals surface area contributed by atoms with E-state index in [0.29, 0.717) is 37.8 Å². The predicted molar refractivity (Wildman–Crippen MR) is 101 cm³/mol. The van der Waals surface area contributed by atoms with Gasteiger partial charge in [-0.15, -0.1) is 11.3 Å². The maximum atomic E-state index is 12.7. The molecule has 0 aromatic carbocycles. The van der Waals surface area contributed by atoms with E-state index in [2.05, 4.69) is 10.1 Å². The summed E-state index contributed by atoms with van der Waals surface area (Å²) < 4.78 is 5.29. The second-order valence-corrected chi connectivity index (χ2v) is 8.68. The molecular weight excluding hydrogens is 364 g/mol. The molecule has 1 atom stereocenters. The van der Waals surface area contributed by atoms with Gasteiger partial charge < -0.3 is 14.3 Å². The van der Waals surface area contributed by atoms with E-state index in [-0.39, 0.29) is 17.9 Å². The first kappa shape index (κ1) is 18.2. The highest BCUT2D eigenvalue weighted by Gasteiger charge is 2.33. The van der Waals surface area contributed by atoms with Crippen molar-refractivity contribution < 1.29 is 14.1 Å². The fourth-order valence-corrected chi connectivity index (χ4v) is 4.40. The number of nitrogens with zero attached hydrogens (tertiary/aromatic N) is 4. The molecule has 144 valence electrons. The van der Waals surface area contributed by atoms with Crippen molar-refractivity contribution in [3.8, 4) is 0 Å². The largest absolute Gasteiger partial charge is 0.339 e. The van der Waals surface area contributed by atoms with E-state index in [4.69, 9.17) is 4.52 Å². The van der Waals surface area contributed by atoms with Gasteiger partial charge in [0, 0.05) is 43.8 Å². The molecule has 4 rings (SSSR count). The third-order valence-electron chi connectivity index (χ3n) is 5.23. The second-order valence-electron chi connectivity index (χ2n) is 7.39. The van der Waals surface area contributed by atoms with Crippen LogP contribution in [0.25, 0.3) is 0 Å². The molecule has 1 aliphatic carbocycles. The molecule has 8 heteroatoms. The molecule has 1 aliphatic heterocycles. The summed E-state index contributed by atoms with van der Waals surface area (Å²) in [6, 6.07) is 3.89. The van der Waals surface area contributed by atoms with Crippen LogP contribution in [-0.2, 0) is 11.2 Å². The van der Waals surface area contributed by atoms with E-state index in [0.717, 1.165) is 34.9 Å². The zero-order valence-corrected chi connectivity index (χ0v) is 16.5. The van der Waals surface area contributed by atoms with Gasteiger partial charge in [-0.05, 0) is 38.3 Å². The fraction of sp³-hybridized carbons (Fsp3) is 0.579. The van der Waals surface area contributed by atoms with Crippen LogP contribution in [0.1, 0.15) is 58.4 Å². The molecule has 2 aromatic rings. The van der Waals surface area contributed by atoms with Crippen molar-refractivity contribution in [2.24, 2.45) is 0 Å². The first-order valence-electron chi connectivity index (χ1n) is 9.46. The number of rotatable bonds is 6. The average molecular weight is 388 g/mol. The number of likely N-dealkylation sites (tertiary alicyclic amines) is 1. The van der Waals surface area contributed by atoms with E-state index >= 15 is 0 Å². The van der Waals surface area contributed by atoms with Crippen LogP contribution in [0.15, 0.2) is 16.7 Å². The van der Waals surface area contributed by atoms with Gasteiger partial charge >= 0.3 is 0 Å². The van der Waals surface area contributed by atoms with Crippen molar-refractivity contribution >= 4 is 23.2 Å². The molecule has 0 radical (unpaired) electrons. The van der Waals surface area contributed by atoms with Crippen LogP contribution in [0.5, 0.6) is 0 Å². The number of hydrogen-bond acceptors (Lipinski definition) is 6. The quantitative estimate of drug-likeness (QED) is 0.760. The van der Waals surface area contributed by atoms with Crippen LogP contribution >= 0.6 is 11.3 Å². The third kappa shape index (κ3) is 4.05. The topological polar surface area (TPSA) is 79.5 Å². The number of carbonyl (C=O) groups excluding carboxylic acids is 2. The maximum absolute atomic E-state index is 12.7. The fourth-order valence-electron chi connectivity index (χ4n) is 3.57. The smallest absolute Gasteiger partial charge is 0.263 e. The van der Waals surface area contributed by atoms with E-state index in [9.17, 15) is 9.59 Å². The summed E-state index contributed by atoms with van der Waals surface area (Å²) in [7, 11) is 0. The van der Waals surface area contributed by atoms with Gasteiger partial charge in [0.2, 0.25) is 11.8 Å². The predicted octanol–water partition coefficient (Wildman–Crippen LogP) is 2.62. The lowest BCUT2D eigenvalue weighted by atomic mass is 10.2. The van der Waals surface area contributed by atoms with Crippen molar-refractivity contribution in [2.75, 3.05) is 19.6 Å². The van der Waals surface area contributed by atoms with Crippen molar-refractivity contribution in [2.45, 2.75) is 51.5 Å². The van der Waals surface area contributed by atoms with Crippen molar-refractivity contribution in [3.05, 3.63) is 33.6 Å². The summed E-state index contributed by atoms with van der Waals surface area (Å²) in [4.78, 5) is 34.9. The third-order valence-corrected chi connectivity index (χ3v) is 6.22. The molecule has 2 aliphatic rings. The van der Waals surface area contributed by atoms with Crippen LogP contribution < -0.4 is 0 Å². The van der Waals surface area contributed by atoms with Gasteiger partial charge in [0.1, 0.15) is 0 Å². The molecule has 27 heavy (non-hydrogen) atoms. The summed E-state index contributed by atoms with van der Waals surface area (Å²) in [5.41, 5.74) is 0. The Morgan fingerprint density at radius 2 is 2.15 bits per heavy atom. The highest BCUT2D eigenvalue weighted by molar-refractivity contribution is 7.13. The molecule has 2 aromatic heterocycles.